The highest BCUT2D eigenvalue weighted by molar-refractivity contribution is 5.82. The third-order valence-electron chi connectivity index (χ3n) is 5.09. The summed E-state index contributed by atoms with van der Waals surface area (Å²) in [6.45, 7) is 0. The molecule has 0 spiro atoms. The molecule has 1 heterocycles. The van der Waals surface area contributed by atoms with E-state index in [1.54, 1.807) is 0 Å². The molecule has 5 heteroatoms. The van der Waals surface area contributed by atoms with Crippen molar-refractivity contribution in [3.8, 4) is 11.1 Å². The van der Waals surface area contributed by atoms with Gasteiger partial charge in [0.2, 0.25) is 0 Å². The zero-order chi connectivity index (χ0) is 17.4. The van der Waals surface area contributed by atoms with E-state index in [2.05, 4.69) is 9.55 Å². The van der Waals surface area contributed by atoms with E-state index < -0.39 is 11.7 Å². The Kier molecular flexibility index (Phi) is 4.02. The van der Waals surface area contributed by atoms with Gasteiger partial charge in [-0.05, 0) is 48.2 Å². The SMILES string of the molecule is FC(F)(F)c1ccc(-c2ccc3c(c2)ncn3C2CCCCC2)cc1. The first kappa shape index (κ1) is 16.2. The van der Waals surface area contributed by atoms with Crippen LogP contribution in [0.3, 0.4) is 0 Å². The summed E-state index contributed by atoms with van der Waals surface area (Å²) < 4.78 is 40.3. The lowest BCUT2D eigenvalue weighted by Gasteiger charge is -2.23. The van der Waals surface area contributed by atoms with E-state index in [9.17, 15) is 13.2 Å². The molecule has 25 heavy (non-hydrogen) atoms. The lowest BCUT2D eigenvalue weighted by atomic mass is 9.95. The molecule has 1 aliphatic rings. The first-order chi connectivity index (χ1) is 12.0. The maximum absolute atomic E-state index is 12.7. The van der Waals surface area contributed by atoms with E-state index in [4.69, 9.17) is 0 Å². The fourth-order valence-corrected chi connectivity index (χ4v) is 3.71. The second kappa shape index (κ2) is 6.21. The molecule has 0 amide bonds. The lowest BCUT2D eigenvalue weighted by molar-refractivity contribution is -0.137. The molecular weight excluding hydrogens is 325 g/mol. The van der Waals surface area contributed by atoms with Crippen LogP contribution in [0.2, 0.25) is 0 Å². The van der Waals surface area contributed by atoms with Crippen molar-refractivity contribution in [2.45, 2.75) is 44.3 Å². The van der Waals surface area contributed by atoms with Gasteiger partial charge in [-0.15, -0.1) is 0 Å². The fourth-order valence-electron chi connectivity index (χ4n) is 3.71. The standard InChI is InChI=1S/C20H19F3N2/c21-20(22,23)16-9-6-14(7-10-16)15-8-11-19-18(12-15)24-13-25(19)17-4-2-1-3-5-17/h6-13,17H,1-5H2. The number of nitrogens with zero attached hydrogens (tertiary/aromatic N) is 2. The van der Waals surface area contributed by atoms with E-state index in [0.29, 0.717) is 6.04 Å². The second-order valence-corrected chi connectivity index (χ2v) is 6.72. The molecule has 1 aliphatic carbocycles. The van der Waals surface area contributed by atoms with Gasteiger partial charge in [-0.3, -0.25) is 0 Å². The van der Waals surface area contributed by atoms with Gasteiger partial charge in [-0.1, -0.05) is 37.5 Å². The second-order valence-electron chi connectivity index (χ2n) is 6.72. The largest absolute Gasteiger partial charge is 0.416 e. The normalized spacial score (nSPS) is 16.4. The molecule has 4 rings (SSSR count). The molecule has 1 saturated carbocycles. The van der Waals surface area contributed by atoms with E-state index in [0.717, 1.165) is 34.3 Å². The molecular formula is C20H19F3N2. The fraction of sp³-hybridized carbons (Fsp3) is 0.350. The average Bonchev–Trinajstić information content (AvgIpc) is 3.05. The lowest BCUT2D eigenvalue weighted by Crippen LogP contribution is -2.11. The van der Waals surface area contributed by atoms with Gasteiger partial charge in [-0.2, -0.15) is 13.2 Å². The van der Waals surface area contributed by atoms with Crippen molar-refractivity contribution in [2.24, 2.45) is 0 Å². The molecule has 2 nitrogen and oxygen atoms in total. The minimum Gasteiger partial charge on any atom is -0.327 e. The van der Waals surface area contributed by atoms with Gasteiger partial charge in [0.25, 0.3) is 0 Å². The van der Waals surface area contributed by atoms with Gasteiger partial charge in [-0.25, -0.2) is 4.98 Å². The summed E-state index contributed by atoms with van der Waals surface area (Å²) in [5.41, 5.74) is 3.02. The zero-order valence-electron chi connectivity index (χ0n) is 13.8. The summed E-state index contributed by atoms with van der Waals surface area (Å²) >= 11 is 0. The highest BCUT2D eigenvalue weighted by Gasteiger charge is 2.30. The minimum absolute atomic E-state index is 0.510. The topological polar surface area (TPSA) is 17.8 Å². The third-order valence-corrected chi connectivity index (χ3v) is 5.09. The summed E-state index contributed by atoms with van der Waals surface area (Å²) in [6.07, 6.45) is 3.79. The highest BCUT2D eigenvalue weighted by Crippen LogP contribution is 2.33. The Bertz CT molecular complexity index is 872. The number of alkyl halides is 3. The quantitative estimate of drug-likeness (QED) is 0.539. The monoisotopic (exact) mass is 344 g/mol. The Hall–Kier alpha value is -2.30. The summed E-state index contributed by atoms with van der Waals surface area (Å²) in [4.78, 5) is 4.52. The molecule has 1 fully saturated rings. The number of imidazole rings is 1. The highest BCUT2D eigenvalue weighted by atomic mass is 19.4. The van der Waals surface area contributed by atoms with Gasteiger partial charge in [0.15, 0.2) is 0 Å². The molecule has 2 aromatic carbocycles. The Morgan fingerprint density at radius 2 is 1.56 bits per heavy atom. The van der Waals surface area contributed by atoms with Gasteiger partial charge in [0.05, 0.1) is 22.9 Å². The maximum atomic E-state index is 12.7. The van der Waals surface area contributed by atoms with E-state index in [1.807, 2.05) is 24.5 Å². The Morgan fingerprint density at radius 3 is 2.24 bits per heavy atom. The van der Waals surface area contributed by atoms with Crippen LogP contribution in [0.25, 0.3) is 22.2 Å². The van der Waals surface area contributed by atoms with E-state index >= 15 is 0 Å². The molecule has 0 atom stereocenters. The van der Waals surface area contributed by atoms with Crippen molar-refractivity contribution in [1.29, 1.82) is 0 Å². The van der Waals surface area contributed by atoms with Crippen LogP contribution in [0.5, 0.6) is 0 Å². The van der Waals surface area contributed by atoms with Crippen molar-refractivity contribution in [1.82, 2.24) is 9.55 Å². The summed E-state index contributed by atoms with van der Waals surface area (Å²) in [5.74, 6) is 0. The number of hydrogen-bond donors (Lipinski definition) is 0. The maximum Gasteiger partial charge on any atom is 0.416 e. The van der Waals surface area contributed by atoms with E-state index in [1.165, 1.54) is 44.2 Å². The Labute approximate surface area is 144 Å². The smallest absolute Gasteiger partial charge is 0.327 e. The molecule has 0 saturated heterocycles. The molecule has 0 aliphatic heterocycles. The van der Waals surface area contributed by atoms with Crippen LogP contribution in [0.4, 0.5) is 13.2 Å². The van der Waals surface area contributed by atoms with Crippen LogP contribution >= 0.6 is 0 Å². The number of fused-ring (bicyclic) bond motifs is 1. The number of benzene rings is 2. The van der Waals surface area contributed by atoms with Gasteiger partial charge < -0.3 is 4.57 Å². The van der Waals surface area contributed by atoms with Crippen LogP contribution in [-0.2, 0) is 6.18 Å². The summed E-state index contributed by atoms with van der Waals surface area (Å²) in [7, 11) is 0. The average molecular weight is 344 g/mol. The van der Waals surface area contributed by atoms with Gasteiger partial charge >= 0.3 is 6.18 Å². The summed E-state index contributed by atoms with van der Waals surface area (Å²) in [6, 6.07) is 11.7. The van der Waals surface area contributed by atoms with Gasteiger partial charge in [0.1, 0.15) is 0 Å². The predicted molar refractivity (Wildman–Crippen MR) is 92.3 cm³/mol. The van der Waals surface area contributed by atoms with E-state index in [-0.39, 0.29) is 0 Å². The molecule has 0 bridgehead atoms. The van der Waals surface area contributed by atoms with Crippen molar-refractivity contribution in [3.05, 3.63) is 54.4 Å². The molecule has 3 aromatic rings. The van der Waals surface area contributed by atoms with Crippen molar-refractivity contribution in [3.63, 3.8) is 0 Å². The van der Waals surface area contributed by atoms with Crippen LogP contribution in [0.1, 0.15) is 43.7 Å². The van der Waals surface area contributed by atoms with Crippen molar-refractivity contribution < 1.29 is 13.2 Å². The van der Waals surface area contributed by atoms with Crippen molar-refractivity contribution in [2.75, 3.05) is 0 Å². The first-order valence-electron chi connectivity index (χ1n) is 8.66. The first-order valence-corrected chi connectivity index (χ1v) is 8.66. The van der Waals surface area contributed by atoms with Crippen LogP contribution in [-0.4, -0.2) is 9.55 Å². The molecule has 0 unspecified atom stereocenters. The number of rotatable bonds is 2. The van der Waals surface area contributed by atoms with Crippen LogP contribution in [0.15, 0.2) is 48.8 Å². The third kappa shape index (κ3) is 3.15. The van der Waals surface area contributed by atoms with Crippen molar-refractivity contribution >= 4 is 11.0 Å². The van der Waals surface area contributed by atoms with Crippen LogP contribution < -0.4 is 0 Å². The Morgan fingerprint density at radius 1 is 0.880 bits per heavy atom. The number of hydrogen-bond acceptors (Lipinski definition) is 1. The molecule has 1 aromatic heterocycles. The number of halogens is 3. The summed E-state index contributed by atoms with van der Waals surface area (Å²) in [5, 5.41) is 0. The van der Waals surface area contributed by atoms with Gasteiger partial charge in [0, 0.05) is 6.04 Å². The molecule has 0 radical (unpaired) electrons. The minimum atomic E-state index is -4.30. The predicted octanol–water partition coefficient (Wildman–Crippen LogP) is 6.23. The number of aromatic nitrogens is 2. The van der Waals surface area contributed by atoms with Crippen LogP contribution in [0, 0.1) is 0 Å². The molecule has 0 N–H and O–H groups in total. The Balaban J connectivity index is 1.65. The molecule has 130 valence electrons. The zero-order valence-corrected chi connectivity index (χ0v) is 13.8.